The smallest absolute Gasteiger partial charge is 0.310 e. The Morgan fingerprint density at radius 3 is 2.75 bits per heavy atom. The van der Waals surface area contributed by atoms with E-state index in [0.717, 1.165) is 12.8 Å². The minimum atomic E-state index is -0.277. The molecule has 1 amide bonds. The van der Waals surface area contributed by atoms with Gasteiger partial charge < -0.3 is 14.4 Å². The van der Waals surface area contributed by atoms with E-state index in [1.165, 1.54) is 7.11 Å². The summed E-state index contributed by atoms with van der Waals surface area (Å²) in [5.41, 5.74) is 0. The zero-order chi connectivity index (χ0) is 11.5. The first-order valence-electron chi connectivity index (χ1n) is 5.67. The molecule has 5 nitrogen and oxygen atoms in total. The number of rotatable bonds is 2. The molecule has 2 aliphatic heterocycles. The summed E-state index contributed by atoms with van der Waals surface area (Å²) in [6.45, 7) is 1.92. The van der Waals surface area contributed by atoms with Gasteiger partial charge in [0.25, 0.3) is 0 Å². The molecular formula is C11H17NO4. The van der Waals surface area contributed by atoms with Crippen LogP contribution >= 0.6 is 0 Å². The third-order valence-electron chi connectivity index (χ3n) is 3.32. The molecule has 0 N–H and O–H groups in total. The van der Waals surface area contributed by atoms with Crippen LogP contribution in [0.5, 0.6) is 0 Å². The van der Waals surface area contributed by atoms with Crippen LogP contribution in [0.1, 0.15) is 19.3 Å². The molecule has 0 aromatic heterocycles. The normalized spacial score (nSPS) is 27.2. The first-order chi connectivity index (χ1) is 7.72. The van der Waals surface area contributed by atoms with E-state index in [-0.39, 0.29) is 23.8 Å². The molecule has 0 bridgehead atoms. The van der Waals surface area contributed by atoms with Gasteiger partial charge in [-0.3, -0.25) is 9.59 Å². The van der Waals surface area contributed by atoms with Crippen LogP contribution in [0.4, 0.5) is 0 Å². The predicted octanol–water partition coefficient (Wildman–Crippen LogP) is 0.187. The fourth-order valence-corrected chi connectivity index (χ4v) is 2.41. The average molecular weight is 227 g/mol. The number of esters is 1. The summed E-state index contributed by atoms with van der Waals surface area (Å²) < 4.78 is 9.94. The SMILES string of the molecule is COC(=O)C1CC(=O)N(C2CCOCC2)C1. The maximum absolute atomic E-state index is 11.8. The van der Waals surface area contributed by atoms with Gasteiger partial charge in [-0.2, -0.15) is 0 Å². The van der Waals surface area contributed by atoms with E-state index in [4.69, 9.17) is 4.74 Å². The number of hydrogen-bond donors (Lipinski definition) is 0. The first kappa shape index (κ1) is 11.4. The van der Waals surface area contributed by atoms with Crippen LogP contribution in [0.15, 0.2) is 0 Å². The second kappa shape index (κ2) is 4.82. The summed E-state index contributed by atoms with van der Waals surface area (Å²) in [5, 5.41) is 0. The maximum atomic E-state index is 11.8. The Balaban J connectivity index is 1.96. The molecule has 0 radical (unpaired) electrons. The Bertz CT molecular complexity index is 286. The van der Waals surface area contributed by atoms with Crippen molar-refractivity contribution in [1.82, 2.24) is 4.90 Å². The summed E-state index contributed by atoms with van der Waals surface area (Å²) in [6, 6.07) is 0.246. The second-order valence-electron chi connectivity index (χ2n) is 4.31. The van der Waals surface area contributed by atoms with Gasteiger partial charge in [0.05, 0.1) is 13.0 Å². The molecule has 5 heteroatoms. The van der Waals surface area contributed by atoms with E-state index in [1.807, 2.05) is 4.90 Å². The quantitative estimate of drug-likeness (QED) is 0.632. The predicted molar refractivity (Wildman–Crippen MR) is 55.7 cm³/mol. The number of carbonyl (C=O) groups excluding carboxylic acids is 2. The van der Waals surface area contributed by atoms with Crippen LogP contribution in [0.2, 0.25) is 0 Å². The highest BCUT2D eigenvalue weighted by Crippen LogP contribution is 2.25. The van der Waals surface area contributed by atoms with E-state index in [2.05, 4.69) is 4.74 Å². The zero-order valence-corrected chi connectivity index (χ0v) is 9.48. The van der Waals surface area contributed by atoms with E-state index < -0.39 is 0 Å². The molecule has 90 valence electrons. The number of carbonyl (C=O) groups is 2. The Hall–Kier alpha value is -1.10. The highest BCUT2D eigenvalue weighted by molar-refractivity contribution is 5.86. The molecule has 0 spiro atoms. The lowest BCUT2D eigenvalue weighted by molar-refractivity contribution is -0.145. The lowest BCUT2D eigenvalue weighted by Gasteiger charge is -2.31. The van der Waals surface area contributed by atoms with Crippen molar-refractivity contribution < 1.29 is 19.1 Å². The lowest BCUT2D eigenvalue weighted by Crippen LogP contribution is -2.40. The minimum absolute atomic E-state index is 0.0716. The van der Waals surface area contributed by atoms with Crippen molar-refractivity contribution in [1.29, 1.82) is 0 Å². The maximum Gasteiger partial charge on any atom is 0.310 e. The van der Waals surface area contributed by atoms with Crippen LogP contribution in [0, 0.1) is 5.92 Å². The van der Waals surface area contributed by atoms with E-state index in [0.29, 0.717) is 26.2 Å². The van der Waals surface area contributed by atoms with Gasteiger partial charge in [0.15, 0.2) is 0 Å². The third kappa shape index (κ3) is 2.19. The van der Waals surface area contributed by atoms with Gasteiger partial charge in [0.2, 0.25) is 5.91 Å². The number of hydrogen-bond acceptors (Lipinski definition) is 4. The monoisotopic (exact) mass is 227 g/mol. The molecule has 2 saturated heterocycles. The Labute approximate surface area is 94.7 Å². The molecule has 2 rings (SSSR count). The molecule has 0 aromatic carbocycles. The standard InChI is InChI=1S/C11H17NO4/c1-15-11(14)8-6-10(13)12(7-8)9-2-4-16-5-3-9/h8-9H,2-7H2,1H3. The summed E-state index contributed by atoms with van der Waals surface area (Å²) in [5.74, 6) is -0.481. The molecule has 2 heterocycles. The molecule has 2 fully saturated rings. The summed E-state index contributed by atoms with van der Waals surface area (Å²) in [6.07, 6.45) is 2.04. The number of methoxy groups -OCH3 is 1. The molecule has 1 unspecified atom stereocenters. The van der Waals surface area contributed by atoms with Gasteiger partial charge in [-0.1, -0.05) is 0 Å². The van der Waals surface area contributed by atoms with Crippen molar-refractivity contribution >= 4 is 11.9 Å². The summed E-state index contributed by atoms with van der Waals surface area (Å²) >= 11 is 0. The Morgan fingerprint density at radius 1 is 1.44 bits per heavy atom. The lowest BCUT2D eigenvalue weighted by atomic mass is 10.1. The van der Waals surface area contributed by atoms with E-state index >= 15 is 0 Å². The zero-order valence-electron chi connectivity index (χ0n) is 9.48. The van der Waals surface area contributed by atoms with Crippen molar-refractivity contribution in [3.05, 3.63) is 0 Å². The second-order valence-corrected chi connectivity index (χ2v) is 4.31. The number of ether oxygens (including phenoxy) is 2. The molecule has 0 saturated carbocycles. The molecule has 0 aromatic rings. The molecule has 2 aliphatic rings. The fraction of sp³-hybridized carbons (Fsp3) is 0.818. The van der Waals surface area contributed by atoms with Crippen molar-refractivity contribution in [2.24, 2.45) is 5.92 Å². The van der Waals surface area contributed by atoms with Crippen molar-refractivity contribution in [2.45, 2.75) is 25.3 Å². The van der Waals surface area contributed by atoms with Gasteiger partial charge in [-0.05, 0) is 12.8 Å². The Morgan fingerprint density at radius 2 is 2.12 bits per heavy atom. The third-order valence-corrected chi connectivity index (χ3v) is 3.32. The van der Waals surface area contributed by atoms with Crippen LogP contribution in [-0.2, 0) is 19.1 Å². The van der Waals surface area contributed by atoms with Crippen LogP contribution in [0.25, 0.3) is 0 Å². The van der Waals surface area contributed by atoms with E-state index in [1.54, 1.807) is 0 Å². The van der Waals surface area contributed by atoms with Crippen molar-refractivity contribution in [3.8, 4) is 0 Å². The minimum Gasteiger partial charge on any atom is -0.469 e. The number of amides is 1. The average Bonchev–Trinajstić information content (AvgIpc) is 2.71. The van der Waals surface area contributed by atoms with Crippen molar-refractivity contribution in [3.63, 3.8) is 0 Å². The van der Waals surface area contributed by atoms with Crippen LogP contribution in [-0.4, -0.2) is 49.7 Å². The van der Waals surface area contributed by atoms with Gasteiger partial charge in [-0.25, -0.2) is 0 Å². The molecule has 16 heavy (non-hydrogen) atoms. The fourth-order valence-electron chi connectivity index (χ4n) is 2.41. The van der Waals surface area contributed by atoms with Crippen LogP contribution < -0.4 is 0 Å². The molecule has 1 atom stereocenters. The topological polar surface area (TPSA) is 55.8 Å². The highest BCUT2D eigenvalue weighted by Gasteiger charge is 2.38. The highest BCUT2D eigenvalue weighted by atomic mass is 16.5. The summed E-state index contributed by atoms with van der Waals surface area (Å²) in [4.78, 5) is 25.0. The Kier molecular flexibility index (Phi) is 3.43. The van der Waals surface area contributed by atoms with Crippen LogP contribution in [0.3, 0.4) is 0 Å². The van der Waals surface area contributed by atoms with Gasteiger partial charge in [0.1, 0.15) is 0 Å². The first-order valence-corrected chi connectivity index (χ1v) is 5.67. The largest absolute Gasteiger partial charge is 0.469 e. The molecule has 0 aliphatic carbocycles. The number of likely N-dealkylation sites (tertiary alicyclic amines) is 1. The van der Waals surface area contributed by atoms with Crippen molar-refractivity contribution in [2.75, 3.05) is 26.9 Å². The number of nitrogens with zero attached hydrogens (tertiary/aromatic N) is 1. The summed E-state index contributed by atoms with van der Waals surface area (Å²) in [7, 11) is 1.36. The van der Waals surface area contributed by atoms with Gasteiger partial charge >= 0.3 is 5.97 Å². The van der Waals surface area contributed by atoms with Gasteiger partial charge in [0, 0.05) is 32.2 Å². The van der Waals surface area contributed by atoms with Gasteiger partial charge in [-0.15, -0.1) is 0 Å². The molecular weight excluding hydrogens is 210 g/mol. The van der Waals surface area contributed by atoms with E-state index in [9.17, 15) is 9.59 Å².